The third-order valence-electron chi connectivity index (χ3n) is 5.31. The Balaban J connectivity index is 1.80. The van der Waals surface area contributed by atoms with Crippen LogP contribution >= 0.6 is 11.8 Å². The number of nitrogens with zero attached hydrogens (tertiary/aromatic N) is 1. The van der Waals surface area contributed by atoms with E-state index in [2.05, 4.69) is 29.0 Å². The summed E-state index contributed by atoms with van der Waals surface area (Å²) in [4.78, 5) is 26.0. The van der Waals surface area contributed by atoms with Crippen molar-refractivity contribution in [1.29, 1.82) is 0 Å². The van der Waals surface area contributed by atoms with E-state index in [0.29, 0.717) is 6.42 Å². The summed E-state index contributed by atoms with van der Waals surface area (Å²) in [6.07, 6.45) is 12.3. The van der Waals surface area contributed by atoms with Crippen LogP contribution in [0.25, 0.3) is 0 Å². The van der Waals surface area contributed by atoms with Gasteiger partial charge in [-0.2, -0.15) is 0 Å². The molecule has 1 heterocycles. The van der Waals surface area contributed by atoms with Crippen LogP contribution in [0.15, 0.2) is 42.5 Å². The second-order valence-electron chi connectivity index (χ2n) is 9.22. The fourth-order valence-corrected chi connectivity index (χ4v) is 5.09. The third kappa shape index (κ3) is 9.27. The van der Waals surface area contributed by atoms with Gasteiger partial charge in [0.05, 0.1) is 13.2 Å². The van der Waals surface area contributed by atoms with Crippen LogP contribution < -0.4 is 0 Å². The number of ether oxygens (including phenoxy) is 2. The van der Waals surface area contributed by atoms with E-state index in [0.717, 1.165) is 43.4 Å². The lowest BCUT2D eigenvalue weighted by Gasteiger charge is -2.31. The van der Waals surface area contributed by atoms with Gasteiger partial charge in [0, 0.05) is 12.2 Å². The Hall–Kier alpha value is -1.95. The summed E-state index contributed by atoms with van der Waals surface area (Å²) in [6.45, 7) is 5.73. The van der Waals surface area contributed by atoms with Gasteiger partial charge in [-0.05, 0) is 45.6 Å². The van der Waals surface area contributed by atoms with E-state index < -0.39 is 5.60 Å². The highest BCUT2D eigenvalue weighted by Gasteiger charge is 2.39. The Bertz CT molecular complexity index is 729. The van der Waals surface area contributed by atoms with Crippen molar-refractivity contribution in [3.63, 3.8) is 0 Å². The first-order chi connectivity index (χ1) is 15.3. The lowest BCUT2D eigenvalue weighted by molar-refractivity contribution is -0.140. The van der Waals surface area contributed by atoms with Crippen LogP contribution in [0.2, 0.25) is 0 Å². The number of benzene rings is 1. The molecule has 2 rings (SSSR count). The van der Waals surface area contributed by atoms with E-state index in [9.17, 15) is 9.59 Å². The van der Waals surface area contributed by atoms with Gasteiger partial charge in [0.25, 0.3) is 0 Å². The Morgan fingerprint density at radius 2 is 1.72 bits per heavy atom. The number of amides is 1. The molecule has 0 aromatic heterocycles. The monoisotopic (exact) mass is 461 g/mol. The molecular formula is C26H39NO4S. The molecule has 0 N–H and O–H groups in total. The van der Waals surface area contributed by atoms with Crippen LogP contribution in [-0.4, -0.2) is 41.5 Å². The number of hydrogen-bond acceptors (Lipinski definition) is 5. The van der Waals surface area contributed by atoms with Crippen molar-refractivity contribution in [2.24, 2.45) is 0 Å². The minimum atomic E-state index is -0.517. The van der Waals surface area contributed by atoms with Crippen LogP contribution in [0, 0.1) is 0 Å². The fraction of sp³-hybridized carbons (Fsp3) is 0.615. The number of carbonyl (C=O) groups excluding carboxylic acids is 2. The number of esters is 1. The Morgan fingerprint density at radius 3 is 2.38 bits per heavy atom. The fourth-order valence-electron chi connectivity index (χ4n) is 3.69. The summed E-state index contributed by atoms with van der Waals surface area (Å²) in [5.41, 5.74) is 0.614. The molecule has 1 aromatic rings. The van der Waals surface area contributed by atoms with Crippen LogP contribution in [0.4, 0.5) is 4.79 Å². The zero-order chi connectivity index (χ0) is 23.4. The molecule has 0 spiro atoms. The third-order valence-corrected chi connectivity index (χ3v) is 6.66. The SMILES string of the molecule is COC(=O)CCCCCCCCC=C[C@@H]1CSC(c2ccccc2)N1C(=O)OC(C)(C)C. The normalized spacial score (nSPS) is 18.8. The van der Waals surface area contributed by atoms with Crippen molar-refractivity contribution in [1.82, 2.24) is 4.90 Å². The van der Waals surface area contributed by atoms with Crippen molar-refractivity contribution >= 4 is 23.8 Å². The van der Waals surface area contributed by atoms with Gasteiger partial charge in [0.15, 0.2) is 0 Å². The highest BCUT2D eigenvalue weighted by atomic mass is 32.2. The minimum absolute atomic E-state index is 0.0225. The number of hydrogen-bond donors (Lipinski definition) is 0. The zero-order valence-corrected chi connectivity index (χ0v) is 20.9. The molecule has 1 amide bonds. The lowest BCUT2D eigenvalue weighted by atomic mass is 10.1. The molecule has 0 radical (unpaired) electrons. The highest BCUT2D eigenvalue weighted by Crippen LogP contribution is 2.42. The largest absolute Gasteiger partial charge is 0.469 e. The number of carbonyl (C=O) groups is 2. The maximum Gasteiger partial charge on any atom is 0.411 e. The van der Waals surface area contributed by atoms with E-state index in [1.807, 2.05) is 43.9 Å². The molecule has 0 bridgehead atoms. The molecule has 1 aromatic carbocycles. The van der Waals surface area contributed by atoms with E-state index in [4.69, 9.17) is 4.74 Å². The Labute approximate surface area is 197 Å². The van der Waals surface area contributed by atoms with E-state index in [-0.39, 0.29) is 23.5 Å². The van der Waals surface area contributed by atoms with E-state index in [1.54, 1.807) is 11.8 Å². The first-order valence-corrected chi connectivity index (χ1v) is 12.8. The average Bonchev–Trinajstić information content (AvgIpc) is 3.18. The molecule has 32 heavy (non-hydrogen) atoms. The summed E-state index contributed by atoms with van der Waals surface area (Å²) in [5, 5.41) is -0.0225. The van der Waals surface area contributed by atoms with Crippen LogP contribution in [0.5, 0.6) is 0 Å². The summed E-state index contributed by atoms with van der Waals surface area (Å²) in [6, 6.07) is 10.2. The predicted molar refractivity (Wildman–Crippen MR) is 132 cm³/mol. The molecule has 1 aliphatic rings. The summed E-state index contributed by atoms with van der Waals surface area (Å²) in [7, 11) is 1.44. The molecule has 6 heteroatoms. The first-order valence-electron chi connectivity index (χ1n) is 11.7. The molecule has 0 aliphatic carbocycles. The predicted octanol–water partition coefficient (Wildman–Crippen LogP) is 6.89. The van der Waals surface area contributed by atoms with Crippen LogP contribution in [0.1, 0.15) is 83.1 Å². The van der Waals surface area contributed by atoms with Gasteiger partial charge in [-0.25, -0.2) is 4.79 Å². The molecule has 0 saturated carbocycles. The molecule has 178 valence electrons. The van der Waals surface area contributed by atoms with Crippen LogP contribution in [0.3, 0.4) is 0 Å². The van der Waals surface area contributed by atoms with Gasteiger partial charge in [0.1, 0.15) is 11.0 Å². The van der Waals surface area contributed by atoms with Crippen molar-refractivity contribution < 1.29 is 19.1 Å². The Morgan fingerprint density at radius 1 is 1.06 bits per heavy atom. The number of rotatable bonds is 11. The highest BCUT2D eigenvalue weighted by molar-refractivity contribution is 7.99. The topological polar surface area (TPSA) is 55.8 Å². The maximum absolute atomic E-state index is 13.0. The lowest BCUT2D eigenvalue weighted by Crippen LogP contribution is -2.40. The number of thioether (sulfide) groups is 1. The summed E-state index contributed by atoms with van der Waals surface area (Å²) < 4.78 is 10.4. The smallest absolute Gasteiger partial charge is 0.411 e. The minimum Gasteiger partial charge on any atom is -0.469 e. The second kappa shape index (κ2) is 13.6. The molecule has 1 saturated heterocycles. The van der Waals surface area contributed by atoms with Crippen molar-refractivity contribution in [2.45, 2.75) is 89.2 Å². The van der Waals surface area contributed by atoms with Gasteiger partial charge in [-0.15, -0.1) is 11.8 Å². The van der Waals surface area contributed by atoms with Crippen molar-refractivity contribution in [3.05, 3.63) is 48.0 Å². The second-order valence-corrected chi connectivity index (χ2v) is 10.3. The van der Waals surface area contributed by atoms with Gasteiger partial charge in [-0.1, -0.05) is 68.2 Å². The number of unbranched alkanes of at least 4 members (excludes halogenated alkanes) is 6. The molecule has 1 unspecified atom stereocenters. The molecule has 2 atom stereocenters. The molecule has 1 fully saturated rings. The molecular weight excluding hydrogens is 422 g/mol. The first kappa shape index (κ1) is 26.3. The Kier molecular flexibility index (Phi) is 11.1. The molecule has 1 aliphatic heterocycles. The van der Waals surface area contributed by atoms with E-state index >= 15 is 0 Å². The summed E-state index contributed by atoms with van der Waals surface area (Å²) in [5.74, 6) is 0.755. The van der Waals surface area contributed by atoms with Gasteiger partial charge < -0.3 is 9.47 Å². The van der Waals surface area contributed by atoms with Crippen LogP contribution in [-0.2, 0) is 14.3 Å². The van der Waals surface area contributed by atoms with Gasteiger partial charge >= 0.3 is 12.1 Å². The summed E-state index contributed by atoms with van der Waals surface area (Å²) >= 11 is 1.79. The zero-order valence-electron chi connectivity index (χ0n) is 20.0. The maximum atomic E-state index is 13.0. The standard InChI is InChI=1S/C26H39NO4S/c1-26(2,3)31-25(29)27-22(20-32-24(27)21-16-12-11-13-17-21)18-14-9-7-5-6-8-10-15-19-23(28)30-4/h11-14,16-18,22,24H,5-10,15,19-20H2,1-4H3/t22-,24?/m1/s1. The number of allylic oxidation sites excluding steroid dienone is 1. The molecule has 5 nitrogen and oxygen atoms in total. The quantitative estimate of drug-likeness (QED) is 0.204. The average molecular weight is 462 g/mol. The van der Waals surface area contributed by atoms with Gasteiger partial charge in [0.2, 0.25) is 0 Å². The van der Waals surface area contributed by atoms with Crippen molar-refractivity contribution in [3.8, 4) is 0 Å². The van der Waals surface area contributed by atoms with Crippen molar-refractivity contribution in [2.75, 3.05) is 12.9 Å². The number of methoxy groups -OCH3 is 1. The van der Waals surface area contributed by atoms with Gasteiger partial charge in [-0.3, -0.25) is 9.69 Å². The van der Waals surface area contributed by atoms with E-state index in [1.165, 1.54) is 20.0 Å².